The van der Waals surface area contributed by atoms with Crippen molar-refractivity contribution in [2.24, 2.45) is 17.3 Å². The Kier molecular flexibility index (Phi) is 6.01. The number of aliphatic hydroxyl groups is 1. The number of aliphatic hydroxyl groups excluding tert-OH is 1. The summed E-state index contributed by atoms with van der Waals surface area (Å²) in [6.45, 7) is 10.1. The van der Waals surface area contributed by atoms with Crippen molar-refractivity contribution in [2.45, 2.75) is 60.0 Å². The second-order valence-electron chi connectivity index (χ2n) is 5.98. The Morgan fingerprint density at radius 1 is 1.25 bits per heavy atom. The van der Waals surface area contributed by atoms with Gasteiger partial charge in [0, 0.05) is 6.92 Å². The largest absolute Gasteiger partial charge is 0.481 e. The van der Waals surface area contributed by atoms with Crippen LogP contribution in [0.25, 0.3) is 0 Å². The van der Waals surface area contributed by atoms with Gasteiger partial charge in [-0.25, -0.2) is 0 Å². The molecule has 3 heteroatoms. The zero-order valence-electron chi connectivity index (χ0n) is 11.2. The smallest absolute Gasteiger partial charge is 0.300 e. The number of aliphatic carboxylic acids is 1. The van der Waals surface area contributed by atoms with E-state index in [1.165, 1.54) is 12.8 Å². The summed E-state index contributed by atoms with van der Waals surface area (Å²) < 4.78 is 0. The van der Waals surface area contributed by atoms with E-state index < -0.39 is 5.97 Å². The van der Waals surface area contributed by atoms with Gasteiger partial charge in [-0.1, -0.05) is 27.7 Å². The molecule has 1 aliphatic rings. The van der Waals surface area contributed by atoms with Gasteiger partial charge in [-0.3, -0.25) is 4.79 Å². The average Bonchev–Trinajstić information content (AvgIpc) is 2.06. The quantitative estimate of drug-likeness (QED) is 0.672. The average molecular weight is 230 g/mol. The van der Waals surface area contributed by atoms with Gasteiger partial charge in [0.05, 0.1) is 6.10 Å². The van der Waals surface area contributed by atoms with E-state index in [-0.39, 0.29) is 11.5 Å². The standard InChI is InChI=1S/C11H22O.C2H4O2/c1-8-5-6-10(12)9(7-8)11(2,3)4;1-2(3)4/h8-10,12H,5-7H2,1-4H3;1H3,(H,3,4). The Bertz CT molecular complexity index is 214. The minimum Gasteiger partial charge on any atom is -0.481 e. The second kappa shape index (κ2) is 6.24. The van der Waals surface area contributed by atoms with Crippen molar-refractivity contribution in [3.63, 3.8) is 0 Å². The number of carboxylic acids is 1. The Hall–Kier alpha value is -0.570. The Morgan fingerprint density at radius 3 is 2.00 bits per heavy atom. The van der Waals surface area contributed by atoms with Crippen LogP contribution in [0, 0.1) is 17.3 Å². The van der Waals surface area contributed by atoms with Gasteiger partial charge in [0.2, 0.25) is 0 Å². The molecule has 1 fully saturated rings. The maximum atomic E-state index is 9.82. The summed E-state index contributed by atoms with van der Waals surface area (Å²) in [5, 5.41) is 17.2. The lowest BCUT2D eigenvalue weighted by atomic mass is 9.68. The Labute approximate surface area is 98.9 Å². The lowest BCUT2D eigenvalue weighted by molar-refractivity contribution is -0.134. The predicted molar refractivity (Wildman–Crippen MR) is 65.3 cm³/mol. The molecule has 3 atom stereocenters. The normalized spacial score (nSPS) is 30.2. The van der Waals surface area contributed by atoms with E-state index in [9.17, 15) is 5.11 Å². The van der Waals surface area contributed by atoms with E-state index in [1.54, 1.807) is 0 Å². The molecule has 0 aromatic rings. The number of carbonyl (C=O) groups is 1. The van der Waals surface area contributed by atoms with Gasteiger partial charge in [-0.2, -0.15) is 0 Å². The molecule has 0 bridgehead atoms. The first-order chi connectivity index (χ1) is 7.14. The summed E-state index contributed by atoms with van der Waals surface area (Å²) in [5.41, 5.74) is 0.272. The van der Waals surface area contributed by atoms with Crippen LogP contribution in [0.3, 0.4) is 0 Å². The molecule has 0 saturated heterocycles. The second-order valence-corrected chi connectivity index (χ2v) is 5.98. The number of carboxylic acid groups (broad SMARTS) is 1. The summed E-state index contributed by atoms with van der Waals surface area (Å²) in [6.07, 6.45) is 3.35. The fourth-order valence-electron chi connectivity index (χ4n) is 2.30. The molecule has 2 N–H and O–H groups in total. The van der Waals surface area contributed by atoms with E-state index in [2.05, 4.69) is 27.7 Å². The third-order valence-corrected chi connectivity index (χ3v) is 3.19. The lowest BCUT2D eigenvalue weighted by Gasteiger charge is -2.40. The third-order valence-electron chi connectivity index (χ3n) is 3.19. The van der Waals surface area contributed by atoms with E-state index in [1.807, 2.05) is 0 Å². The van der Waals surface area contributed by atoms with Gasteiger partial charge in [0.1, 0.15) is 0 Å². The number of rotatable bonds is 0. The lowest BCUT2D eigenvalue weighted by Crippen LogP contribution is -2.37. The van der Waals surface area contributed by atoms with Gasteiger partial charge in [0.25, 0.3) is 5.97 Å². The molecule has 0 heterocycles. The molecule has 0 aromatic heterocycles. The zero-order valence-corrected chi connectivity index (χ0v) is 11.2. The van der Waals surface area contributed by atoms with E-state index in [0.717, 1.165) is 19.3 Å². The Balaban J connectivity index is 0.000000487. The van der Waals surface area contributed by atoms with Crippen LogP contribution in [0.4, 0.5) is 0 Å². The highest BCUT2D eigenvalue weighted by Crippen LogP contribution is 2.40. The van der Waals surface area contributed by atoms with Crippen LogP contribution in [0.2, 0.25) is 0 Å². The molecule has 16 heavy (non-hydrogen) atoms. The molecule has 0 radical (unpaired) electrons. The first kappa shape index (κ1) is 15.4. The fourth-order valence-corrected chi connectivity index (χ4v) is 2.30. The fraction of sp³-hybridized carbons (Fsp3) is 0.923. The Morgan fingerprint density at radius 2 is 1.69 bits per heavy atom. The van der Waals surface area contributed by atoms with Crippen molar-refractivity contribution in [3.8, 4) is 0 Å². The molecule has 0 aliphatic heterocycles. The van der Waals surface area contributed by atoms with Crippen LogP contribution in [-0.2, 0) is 4.79 Å². The molecular weight excluding hydrogens is 204 g/mol. The molecule has 3 nitrogen and oxygen atoms in total. The summed E-state index contributed by atoms with van der Waals surface area (Å²) in [7, 11) is 0. The highest BCUT2D eigenvalue weighted by Gasteiger charge is 2.35. The van der Waals surface area contributed by atoms with Crippen molar-refractivity contribution >= 4 is 5.97 Å². The highest BCUT2D eigenvalue weighted by molar-refractivity contribution is 5.62. The molecule has 1 aliphatic carbocycles. The van der Waals surface area contributed by atoms with E-state index >= 15 is 0 Å². The van der Waals surface area contributed by atoms with Crippen molar-refractivity contribution in [2.75, 3.05) is 0 Å². The van der Waals surface area contributed by atoms with Crippen LogP contribution in [0.15, 0.2) is 0 Å². The molecule has 1 rings (SSSR count). The maximum Gasteiger partial charge on any atom is 0.300 e. The van der Waals surface area contributed by atoms with Gasteiger partial charge < -0.3 is 10.2 Å². The van der Waals surface area contributed by atoms with Gasteiger partial charge in [-0.15, -0.1) is 0 Å². The maximum absolute atomic E-state index is 9.82. The molecule has 0 aromatic carbocycles. The van der Waals surface area contributed by atoms with Crippen molar-refractivity contribution < 1.29 is 15.0 Å². The van der Waals surface area contributed by atoms with Crippen LogP contribution >= 0.6 is 0 Å². The zero-order chi connectivity index (χ0) is 12.9. The molecule has 1 saturated carbocycles. The van der Waals surface area contributed by atoms with E-state index in [0.29, 0.717) is 5.92 Å². The topological polar surface area (TPSA) is 57.5 Å². The number of hydrogen-bond donors (Lipinski definition) is 2. The first-order valence-electron chi connectivity index (χ1n) is 6.02. The SMILES string of the molecule is CC(=O)O.CC1CCC(O)C(C(C)(C)C)C1. The minimum absolute atomic E-state index is 0.0544. The summed E-state index contributed by atoms with van der Waals surface area (Å²) in [5.74, 6) is 0.471. The minimum atomic E-state index is -0.833. The van der Waals surface area contributed by atoms with Gasteiger partial charge in [0.15, 0.2) is 0 Å². The van der Waals surface area contributed by atoms with Gasteiger partial charge in [-0.05, 0) is 36.5 Å². The van der Waals surface area contributed by atoms with Crippen LogP contribution in [0.1, 0.15) is 53.9 Å². The van der Waals surface area contributed by atoms with E-state index in [4.69, 9.17) is 9.90 Å². The molecular formula is C13H26O3. The predicted octanol–water partition coefficient (Wildman–Crippen LogP) is 2.92. The van der Waals surface area contributed by atoms with Crippen molar-refractivity contribution in [1.82, 2.24) is 0 Å². The molecule has 0 amide bonds. The highest BCUT2D eigenvalue weighted by atomic mass is 16.4. The molecule has 96 valence electrons. The molecule has 0 spiro atoms. The number of hydrogen-bond acceptors (Lipinski definition) is 2. The van der Waals surface area contributed by atoms with Gasteiger partial charge >= 0.3 is 0 Å². The molecule has 3 unspecified atom stereocenters. The van der Waals surface area contributed by atoms with Crippen molar-refractivity contribution in [1.29, 1.82) is 0 Å². The first-order valence-corrected chi connectivity index (χ1v) is 6.02. The third kappa shape index (κ3) is 6.11. The monoisotopic (exact) mass is 230 g/mol. The summed E-state index contributed by atoms with van der Waals surface area (Å²) in [4.78, 5) is 9.00. The van der Waals surface area contributed by atoms with Crippen LogP contribution in [-0.4, -0.2) is 22.3 Å². The van der Waals surface area contributed by atoms with Crippen LogP contribution in [0.5, 0.6) is 0 Å². The summed E-state index contributed by atoms with van der Waals surface area (Å²) in [6, 6.07) is 0. The van der Waals surface area contributed by atoms with Crippen LogP contribution < -0.4 is 0 Å². The summed E-state index contributed by atoms with van der Waals surface area (Å²) >= 11 is 0. The van der Waals surface area contributed by atoms with Crippen molar-refractivity contribution in [3.05, 3.63) is 0 Å².